The first-order valence-corrected chi connectivity index (χ1v) is 17.7. The average Bonchev–Trinajstić information content (AvgIpc) is 4.06. The molecule has 4 aromatic rings. The molecule has 8 rings (SSSR count). The van der Waals surface area contributed by atoms with E-state index >= 15 is 0 Å². The maximum atomic E-state index is 14.2. The number of hydrogen-bond donors (Lipinski definition) is 2. The van der Waals surface area contributed by atoms with Crippen molar-refractivity contribution in [2.24, 2.45) is 11.8 Å². The van der Waals surface area contributed by atoms with Crippen LogP contribution in [0.2, 0.25) is 0 Å². The van der Waals surface area contributed by atoms with Crippen molar-refractivity contribution in [3.8, 4) is 11.5 Å². The van der Waals surface area contributed by atoms with Crippen molar-refractivity contribution >= 4 is 23.3 Å². The molecule has 0 spiro atoms. The fraction of sp³-hybridized carbons (Fsp3) is 0.350. The van der Waals surface area contributed by atoms with E-state index in [1.807, 2.05) is 36.4 Å². The molecule has 4 atom stereocenters. The predicted molar refractivity (Wildman–Crippen MR) is 186 cm³/mol. The van der Waals surface area contributed by atoms with E-state index in [9.17, 15) is 44.7 Å². The first-order chi connectivity index (χ1) is 26.4. The van der Waals surface area contributed by atoms with Crippen molar-refractivity contribution in [2.45, 2.75) is 63.3 Å². The van der Waals surface area contributed by atoms with E-state index in [1.54, 1.807) is 9.80 Å². The highest BCUT2D eigenvalue weighted by molar-refractivity contribution is 5.76. The number of carboxylic acid groups (broad SMARTS) is 2. The number of rotatable bonds is 8. The van der Waals surface area contributed by atoms with Crippen molar-refractivity contribution in [3.05, 3.63) is 118 Å². The summed E-state index contributed by atoms with van der Waals surface area (Å²) in [4.78, 5) is 25.5. The van der Waals surface area contributed by atoms with Crippen molar-refractivity contribution in [1.29, 1.82) is 0 Å². The Hall–Kier alpha value is -5.54. The van der Waals surface area contributed by atoms with Gasteiger partial charge in [-0.15, -0.1) is 26.3 Å². The molecule has 2 fully saturated rings. The maximum absolute atomic E-state index is 14.2. The topological polar surface area (TPSA) is 99.5 Å². The van der Waals surface area contributed by atoms with Crippen LogP contribution in [0.1, 0.15) is 58.1 Å². The molecule has 2 heterocycles. The van der Waals surface area contributed by atoms with Crippen LogP contribution in [-0.4, -0.2) is 48.0 Å². The van der Waals surface area contributed by atoms with Crippen LogP contribution in [0.3, 0.4) is 0 Å². The van der Waals surface area contributed by atoms with Crippen LogP contribution in [0.5, 0.6) is 11.5 Å². The van der Waals surface area contributed by atoms with Gasteiger partial charge in [-0.1, -0.05) is 36.4 Å². The van der Waals surface area contributed by atoms with E-state index < -0.39 is 47.8 Å². The molecule has 0 aromatic heterocycles. The Kier molecular flexibility index (Phi) is 10.3. The van der Waals surface area contributed by atoms with Gasteiger partial charge in [0.1, 0.15) is 23.1 Å². The Labute approximate surface area is 314 Å². The number of aliphatic carboxylic acids is 2. The molecule has 4 aliphatic rings. The maximum Gasteiger partial charge on any atom is 0.573 e. The average molecular weight is 791 g/mol. The fourth-order valence-electron chi connectivity index (χ4n) is 7.55. The van der Waals surface area contributed by atoms with Gasteiger partial charge in [0.2, 0.25) is 0 Å². The molecule has 16 heteroatoms. The number of fused-ring (bicyclic) bond motifs is 2. The lowest BCUT2D eigenvalue weighted by atomic mass is 9.95. The van der Waals surface area contributed by atoms with E-state index in [-0.39, 0.29) is 35.0 Å². The summed E-state index contributed by atoms with van der Waals surface area (Å²) in [6, 6.07) is 17.5. The monoisotopic (exact) mass is 790 g/mol. The van der Waals surface area contributed by atoms with Crippen LogP contribution in [0.25, 0.3) is 0 Å². The Morgan fingerprint density at radius 1 is 0.571 bits per heavy atom. The molecule has 0 saturated heterocycles. The molecule has 2 N–H and O–H groups in total. The fourth-order valence-corrected chi connectivity index (χ4v) is 7.55. The third-order valence-electron chi connectivity index (χ3n) is 10.5. The lowest BCUT2D eigenvalue weighted by molar-refractivity contribution is -0.275. The number of halogens is 8. The number of carbonyl (C=O) groups is 2. The number of benzene rings is 4. The number of carboxylic acids is 2. The van der Waals surface area contributed by atoms with Crippen LogP contribution < -0.4 is 19.3 Å². The molecule has 0 amide bonds. The number of anilines is 2. The highest BCUT2D eigenvalue weighted by Gasteiger charge is 2.45. The van der Waals surface area contributed by atoms with Crippen molar-refractivity contribution < 1.29 is 64.4 Å². The zero-order chi connectivity index (χ0) is 40.1. The van der Waals surface area contributed by atoms with E-state index in [1.165, 1.54) is 0 Å². The molecule has 2 aliphatic carbocycles. The summed E-state index contributed by atoms with van der Waals surface area (Å²) in [5, 5.41) is 18.2. The van der Waals surface area contributed by atoms with Crippen LogP contribution in [0.15, 0.2) is 72.8 Å². The largest absolute Gasteiger partial charge is 0.573 e. The molecule has 0 bridgehead atoms. The molecule has 0 unspecified atom stereocenters. The summed E-state index contributed by atoms with van der Waals surface area (Å²) in [7, 11) is 0. The number of alkyl halides is 6. The minimum atomic E-state index is -4.84. The van der Waals surface area contributed by atoms with Gasteiger partial charge in [-0.2, -0.15) is 0 Å². The van der Waals surface area contributed by atoms with Crippen LogP contribution in [-0.2, 0) is 35.5 Å². The van der Waals surface area contributed by atoms with E-state index in [2.05, 4.69) is 9.47 Å². The molecule has 8 nitrogen and oxygen atoms in total. The van der Waals surface area contributed by atoms with E-state index in [0.29, 0.717) is 51.9 Å². The van der Waals surface area contributed by atoms with Gasteiger partial charge in [-0.25, -0.2) is 8.78 Å². The minimum Gasteiger partial charge on any atom is -0.481 e. The van der Waals surface area contributed by atoms with Gasteiger partial charge in [0.25, 0.3) is 0 Å². The van der Waals surface area contributed by atoms with Crippen LogP contribution in [0.4, 0.5) is 46.5 Å². The summed E-state index contributed by atoms with van der Waals surface area (Å²) in [6.07, 6.45) is -7.21. The third kappa shape index (κ3) is 8.95. The number of hydrogen-bond acceptors (Lipinski definition) is 6. The number of nitrogens with zero attached hydrogens (tertiary/aromatic N) is 2. The van der Waals surface area contributed by atoms with E-state index in [4.69, 9.17) is 10.2 Å². The molecule has 2 aliphatic heterocycles. The van der Waals surface area contributed by atoms with Gasteiger partial charge in [0, 0.05) is 38.3 Å². The minimum absolute atomic E-state index is 0.0365. The molecule has 296 valence electrons. The van der Waals surface area contributed by atoms with Gasteiger partial charge in [-0.05, 0) is 95.2 Å². The highest BCUT2D eigenvalue weighted by atomic mass is 19.4. The van der Waals surface area contributed by atoms with Gasteiger partial charge in [0.05, 0.1) is 23.2 Å². The Morgan fingerprint density at radius 2 is 0.964 bits per heavy atom. The number of ether oxygens (including phenoxy) is 2. The quantitative estimate of drug-likeness (QED) is 0.171. The summed E-state index contributed by atoms with van der Waals surface area (Å²) in [5.41, 5.74) is 6.13. The molecule has 4 aromatic carbocycles. The van der Waals surface area contributed by atoms with Gasteiger partial charge in [0.15, 0.2) is 0 Å². The second-order valence-corrected chi connectivity index (χ2v) is 14.3. The second kappa shape index (κ2) is 14.8. The SMILES string of the molecule is O=C(O)[C@@H]1C[C@H]1c1ccc2c(c1)CCN(c1cc(OC(F)(F)F)ccc1F)C2.O=C(O)[C@H]1C[C@@H]1c1ccc2c(c1)CCN(c1cc(OC(F)(F)F)ccc1F)C2. The summed E-state index contributed by atoms with van der Waals surface area (Å²) in [5.74, 6) is -4.31. The molecule has 2 saturated carbocycles. The van der Waals surface area contributed by atoms with Gasteiger partial charge < -0.3 is 29.5 Å². The Bertz CT molecular complexity index is 2010. The van der Waals surface area contributed by atoms with Crippen molar-refractivity contribution in [2.75, 3.05) is 22.9 Å². The van der Waals surface area contributed by atoms with Gasteiger partial charge in [-0.3, -0.25) is 9.59 Å². The zero-order valence-corrected chi connectivity index (χ0v) is 29.3. The normalized spacial score (nSPS) is 21.2. The standard InChI is InChI=1S/2C20H17F4NO3/c2*21-17-4-3-14(28-20(22,23)24)8-18(17)25-6-5-11-7-12(1-2-13(11)10-25)15-9-16(15)19(26)27/h2*1-4,7-8,15-16H,5-6,9-10H2,(H,26,27)/t2*15-,16+/m10/s1. The Balaban J connectivity index is 0.000000172. The van der Waals surface area contributed by atoms with E-state index in [0.717, 1.165) is 69.8 Å². The Morgan fingerprint density at radius 3 is 1.30 bits per heavy atom. The molecular weight excluding hydrogens is 756 g/mol. The lowest BCUT2D eigenvalue weighted by Crippen LogP contribution is -2.31. The summed E-state index contributed by atoms with van der Waals surface area (Å²) >= 11 is 0. The molecule has 56 heavy (non-hydrogen) atoms. The summed E-state index contributed by atoms with van der Waals surface area (Å²) in [6.45, 7) is 1.59. The van der Waals surface area contributed by atoms with Crippen LogP contribution >= 0.6 is 0 Å². The van der Waals surface area contributed by atoms with Gasteiger partial charge >= 0.3 is 24.7 Å². The summed E-state index contributed by atoms with van der Waals surface area (Å²) < 4.78 is 111. The lowest BCUT2D eigenvalue weighted by Gasteiger charge is -2.31. The molecular formula is C40H34F8N2O6. The smallest absolute Gasteiger partial charge is 0.481 e. The van der Waals surface area contributed by atoms with Crippen molar-refractivity contribution in [1.82, 2.24) is 0 Å². The predicted octanol–water partition coefficient (Wildman–Crippen LogP) is 8.95. The third-order valence-corrected chi connectivity index (χ3v) is 10.5. The second-order valence-electron chi connectivity index (χ2n) is 14.3. The van der Waals surface area contributed by atoms with Crippen LogP contribution in [0, 0.1) is 23.5 Å². The van der Waals surface area contributed by atoms with Crippen molar-refractivity contribution in [3.63, 3.8) is 0 Å². The first-order valence-electron chi connectivity index (χ1n) is 17.7. The first kappa shape index (κ1) is 38.7. The molecule has 0 radical (unpaired) electrons. The highest BCUT2D eigenvalue weighted by Crippen LogP contribution is 2.49. The zero-order valence-electron chi connectivity index (χ0n) is 29.3.